The van der Waals surface area contributed by atoms with Crippen LogP contribution in [0.1, 0.15) is 12.0 Å². The number of halogens is 1. The van der Waals surface area contributed by atoms with Crippen molar-refractivity contribution in [2.75, 3.05) is 18.4 Å². The average molecular weight is 272 g/mol. The summed E-state index contributed by atoms with van der Waals surface area (Å²) in [7, 11) is 0. The van der Waals surface area contributed by atoms with Crippen LogP contribution in [-0.2, 0) is 6.54 Å². The molecule has 0 spiro atoms. The molecule has 1 N–H and O–H groups in total. The summed E-state index contributed by atoms with van der Waals surface area (Å²) in [6.07, 6.45) is 3.42. The number of likely N-dealkylation sites (tertiary alicyclic amines) is 1. The fourth-order valence-corrected chi connectivity index (χ4v) is 2.51. The molecule has 1 unspecified atom stereocenters. The number of anilines is 1. The van der Waals surface area contributed by atoms with Gasteiger partial charge < -0.3 is 5.32 Å². The molecule has 5 heteroatoms. The van der Waals surface area contributed by atoms with Gasteiger partial charge in [0.15, 0.2) is 5.82 Å². The Balaban J connectivity index is 1.53. The van der Waals surface area contributed by atoms with Gasteiger partial charge in [0.25, 0.3) is 0 Å². The van der Waals surface area contributed by atoms with Gasteiger partial charge in [-0.05, 0) is 12.0 Å². The molecule has 1 fully saturated rings. The van der Waals surface area contributed by atoms with Crippen molar-refractivity contribution < 1.29 is 4.39 Å². The Kier molecular flexibility index (Phi) is 3.87. The molecule has 0 saturated carbocycles. The van der Waals surface area contributed by atoms with Crippen molar-refractivity contribution in [1.82, 2.24) is 14.9 Å². The Labute approximate surface area is 117 Å². The van der Waals surface area contributed by atoms with Crippen LogP contribution in [-0.4, -0.2) is 34.0 Å². The maximum atomic E-state index is 12.7. The summed E-state index contributed by atoms with van der Waals surface area (Å²) in [6.45, 7) is 2.96. The summed E-state index contributed by atoms with van der Waals surface area (Å²) < 4.78 is 12.7. The van der Waals surface area contributed by atoms with Crippen LogP contribution in [0.2, 0.25) is 0 Å². The molecular formula is C15H17FN4. The Morgan fingerprint density at radius 3 is 2.70 bits per heavy atom. The van der Waals surface area contributed by atoms with E-state index in [1.54, 1.807) is 0 Å². The Morgan fingerprint density at radius 2 is 1.95 bits per heavy atom. The van der Waals surface area contributed by atoms with Crippen LogP contribution < -0.4 is 5.32 Å². The van der Waals surface area contributed by atoms with E-state index in [2.05, 4.69) is 44.5 Å². The van der Waals surface area contributed by atoms with Crippen molar-refractivity contribution in [3.8, 4) is 0 Å². The molecule has 0 radical (unpaired) electrons. The molecule has 0 bridgehead atoms. The Hall–Kier alpha value is -2.01. The third kappa shape index (κ3) is 3.30. The molecule has 1 saturated heterocycles. The number of benzene rings is 1. The third-order valence-corrected chi connectivity index (χ3v) is 3.47. The fourth-order valence-electron chi connectivity index (χ4n) is 2.51. The molecule has 4 nitrogen and oxygen atoms in total. The Morgan fingerprint density at radius 1 is 1.20 bits per heavy atom. The van der Waals surface area contributed by atoms with Crippen LogP contribution in [0.4, 0.5) is 10.3 Å². The van der Waals surface area contributed by atoms with E-state index in [9.17, 15) is 4.39 Å². The lowest BCUT2D eigenvalue weighted by Gasteiger charge is -2.16. The van der Waals surface area contributed by atoms with Crippen LogP contribution in [0.5, 0.6) is 0 Å². The largest absolute Gasteiger partial charge is 0.350 e. The molecule has 1 aliphatic rings. The average Bonchev–Trinajstić information content (AvgIpc) is 2.90. The predicted molar refractivity (Wildman–Crippen MR) is 75.7 cm³/mol. The van der Waals surface area contributed by atoms with E-state index >= 15 is 0 Å². The van der Waals surface area contributed by atoms with Crippen molar-refractivity contribution in [2.45, 2.75) is 19.0 Å². The second-order valence-electron chi connectivity index (χ2n) is 5.08. The minimum atomic E-state index is -0.410. The number of nitrogens with one attached hydrogen (secondary N) is 1. The van der Waals surface area contributed by atoms with Gasteiger partial charge in [-0.3, -0.25) is 4.90 Å². The van der Waals surface area contributed by atoms with E-state index in [-0.39, 0.29) is 0 Å². The van der Waals surface area contributed by atoms with Crippen molar-refractivity contribution in [3.63, 3.8) is 0 Å². The quantitative estimate of drug-likeness (QED) is 0.927. The molecule has 2 heterocycles. The molecular weight excluding hydrogens is 255 g/mol. The summed E-state index contributed by atoms with van der Waals surface area (Å²) in [5.74, 6) is 0.0886. The fraction of sp³-hybridized carbons (Fsp3) is 0.333. The minimum absolute atomic E-state index is 0.323. The summed E-state index contributed by atoms with van der Waals surface area (Å²) in [4.78, 5) is 10.3. The lowest BCUT2D eigenvalue weighted by atomic mass is 10.2. The minimum Gasteiger partial charge on any atom is -0.350 e. The lowest BCUT2D eigenvalue weighted by Crippen LogP contribution is -2.26. The second-order valence-corrected chi connectivity index (χ2v) is 5.08. The summed E-state index contributed by atoms with van der Waals surface area (Å²) in [5, 5.41) is 3.25. The highest BCUT2D eigenvalue weighted by Crippen LogP contribution is 2.16. The van der Waals surface area contributed by atoms with Crippen LogP contribution in [0.25, 0.3) is 0 Å². The van der Waals surface area contributed by atoms with Gasteiger partial charge in [-0.25, -0.2) is 14.4 Å². The number of aromatic nitrogens is 2. The van der Waals surface area contributed by atoms with E-state index in [0.29, 0.717) is 12.0 Å². The lowest BCUT2D eigenvalue weighted by molar-refractivity contribution is 0.328. The van der Waals surface area contributed by atoms with E-state index in [0.717, 1.165) is 26.1 Å². The summed E-state index contributed by atoms with van der Waals surface area (Å²) >= 11 is 0. The highest BCUT2D eigenvalue weighted by Gasteiger charge is 2.22. The Bertz CT molecular complexity index is 544. The number of hydrogen-bond donors (Lipinski definition) is 1. The van der Waals surface area contributed by atoms with Gasteiger partial charge in [-0.1, -0.05) is 30.3 Å². The molecule has 1 aromatic carbocycles. The van der Waals surface area contributed by atoms with Gasteiger partial charge in [0.05, 0.1) is 12.4 Å². The molecule has 1 aromatic heterocycles. The third-order valence-electron chi connectivity index (χ3n) is 3.47. The van der Waals surface area contributed by atoms with Gasteiger partial charge in [-0.15, -0.1) is 0 Å². The number of hydrogen-bond acceptors (Lipinski definition) is 4. The van der Waals surface area contributed by atoms with Crippen LogP contribution in [0.3, 0.4) is 0 Å². The van der Waals surface area contributed by atoms with Crippen molar-refractivity contribution >= 4 is 5.95 Å². The first-order valence-corrected chi connectivity index (χ1v) is 6.80. The zero-order valence-corrected chi connectivity index (χ0v) is 11.2. The molecule has 20 heavy (non-hydrogen) atoms. The maximum absolute atomic E-state index is 12.7. The van der Waals surface area contributed by atoms with Crippen LogP contribution in [0, 0.1) is 5.82 Å². The second kappa shape index (κ2) is 5.96. The zero-order chi connectivity index (χ0) is 13.8. The maximum Gasteiger partial charge on any atom is 0.223 e. The topological polar surface area (TPSA) is 41.1 Å². The summed E-state index contributed by atoms with van der Waals surface area (Å²) in [5.41, 5.74) is 1.33. The molecule has 1 aliphatic heterocycles. The first-order chi connectivity index (χ1) is 9.79. The number of rotatable bonds is 4. The molecule has 3 rings (SSSR count). The standard InChI is InChI=1S/C15H17FN4/c16-13-8-17-15(18-9-13)19-14-6-7-20(11-14)10-12-4-2-1-3-5-12/h1-5,8-9,14H,6-7,10-11H2,(H,17,18,19). The molecule has 0 amide bonds. The first-order valence-electron chi connectivity index (χ1n) is 6.80. The monoisotopic (exact) mass is 272 g/mol. The van der Waals surface area contributed by atoms with E-state index in [1.165, 1.54) is 18.0 Å². The van der Waals surface area contributed by atoms with E-state index < -0.39 is 5.82 Å². The van der Waals surface area contributed by atoms with E-state index in [1.807, 2.05) is 6.07 Å². The van der Waals surface area contributed by atoms with Crippen molar-refractivity contribution in [1.29, 1.82) is 0 Å². The van der Waals surface area contributed by atoms with Gasteiger partial charge in [0.1, 0.15) is 0 Å². The van der Waals surface area contributed by atoms with Gasteiger partial charge in [0, 0.05) is 25.7 Å². The van der Waals surface area contributed by atoms with Crippen LogP contribution in [0.15, 0.2) is 42.7 Å². The molecule has 2 aromatic rings. The van der Waals surface area contributed by atoms with Gasteiger partial charge >= 0.3 is 0 Å². The van der Waals surface area contributed by atoms with Gasteiger partial charge in [0.2, 0.25) is 5.95 Å². The zero-order valence-electron chi connectivity index (χ0n) is 11.2. The normalized spacial score (nSPS) is 19.1. The van der Waals surface area contributed by atoms with Gasteiger partial charge in [-0.2, -0.15) is 0 Å². The van der Waals surface area contributed by atoms with Crippen LogP contribution >= 0.6 is 0 Å². The SMILES string of the molecule is Fc1cnc(NC2CCN(Cc3ccccc3)C2)nc1. The highest BCUT2D eigenvalue weighted by molar-refractivity contribution is 5.25. The summed E-state index contributed by atoms with van der Waals surface area (Å²) in [6, 6.07) is 10.8. The van der Waals surface area contributed by atoms with Crippen molar-refractivity contribution in [3.05, 3.63) is 54.1 Å². The molecule has 0 aliphatic carbocycles. The first kappa shape index (κ1) is 13.0. The molecule has 1 atom stereocenters. The smallest absolute Gasteiger partial charge is 0.223 e. The van der Waals surface area contributed by atoms with E-state index in [4.69, 9.17) is 0 Å². The highest BCUT2D eigenvalue weighted by atomic mass is 19.1. The molecule has 104 valence electrons. The van der Waals surface area contributed by atoms with Crippen molar-refractivity contribution in [2.24, 2.45) is 0 Å². The predicted octanol–water partition coefficient (Wildman–Crippen LogP) is 2.30. The number of nitrogens with zero attached hydrogens (tertiary/aromatic N) is 3.